The largest absolute Gasteiger partial charge is 0.497 e. The number of rotatable bonds is 4. The molecule has 1 aromatic carbocycles. The molecule has 6 heteroatoms. The number of halogens is 1. The Bertz CT molecular complexity index is 658. The van der Waals surface area contributed by atoms with Crippen LogP contribution in [0, 0.1) is 6.92 Å². The van der Waals surface area contributed by atoms with Crippen molar-refractivity contribution in [2.24, 2.45) is 0 Å². The van der Waals surface area contributed by atoms with Crippen molar-refractivity contribution in [1.82, 2.24) is 4.98 Å². The number of aromatic carboxylic acids is 1. The van der Waals surface area contributed by atoms with Crippen molar-refractivity contribution >= 4 is 21.9 Å². The van der Waals surface area contributed by atoms with Gasteiger partial charge in [0.25, 0.3) is 0 Å². The predicted octanol–water partition coefficient (Wildman–Crippen LogP) is 3.65. The van der Waals surface area contributed by atoms with E-state index in [-0.39, 0.29) is 11.3 Å². The van der Waals surface area contributed by atoms with Gasteiger partial charge in [0.1, 0.15) is 17.1 Å². The molecular weight excluding hydrogens is 326 g/mol. The monoisotopic (exact) mass is 337 g/mol. The molecule has 2 aromatic rings. The SMILES string of the molecule is COc1ccc(C(=O)O)c(Oc2cc(C)c(Br)cn2)c1. The summed E-state index contributed by atoms with van der Waals surface area (Å²) in [6.45, 7) is 1.89. The highest BCUT2D eigenvalue weighted by atomic mass is 79.9. The summed E-state index contributed by atoms with van der Waals surface area (Å²) in [5.74, 6) is -0.0529. The molecule has 2 rings (SSSR count). The molecule has 1 aromatic heterocycles. The van der Waals surface area contributed by atoms with Gasteiger partial charge in [0.15, 0.2) is 0 Å². The number of carbonyl (C=O) groups is 1. The van der Waals surface area contributed by atoms with E-state index in [4.69, 9.17) is 14.6 Å². The van der Waals surface area contributed by atoms with E-state index in [1.54, 1.807) is 18.3 Å². The first-order valence-electron chi connectivity index (χ1n) is 5.72. The number of pyridine rings is 1. The minimum absolute atomic E-state index is 0.0492. The minimum atomic E-state index is -1.07. The number of ether oxygens (including phenoxy) is 2. The molecule has 0 aliphatic heterocycles. The Morgan fingerprint density at radius 3 is 2.70 bits per heavy atom. The first-order chi connectivity index (χ1) is 9.51. The molecular formula is C14H12BrNO4. The zero-order valence-corrected chi connectivity index (χ0v) is 12.5. The highest BCUT2D eigenvalue weighted by Crippen LogP contribution is 2.30. The van der Waals surface area contributed by atoms with Crippen LogP contribution in [-0.4, -0.2) is 23.2 Å². The van der Waals surface area contributed by atoms with Crippen LogP contribution < -0.4 is 9.47 Å². The van der Waals surface area contributed by atoms with E-state index in [9.17, 15) is 4.79 Å². The average Bonchev–Trinajstić information content (AvgIpc) is 2.42. The lowest BCUT2D eigenvalue weighted by Crippen LogP contribution is -2.01. The van der Waals surface area contributed by atoms with Crippen molar-refractivity contribution in [3.05, 3.63) is 46.1 Å². The quantitative estimate of drug-likeness (QED) is 0.922. The van der Waals surface area contributed by atoms with Crippen molar-refractivity contribution < 1.29 is 19.4 Å². The van der Waals surface area contributed by atoms with E-state index in [0.29, 0.717) is 11.6 Å². The molecule has 0 amide bonds. The molecule has 0 fully saturated rings. The molecule has 20 heavy (non-hydrogen) atoms. The van der Waals surface area contributed by atoms with Gasteiger partial charge in [-0.05, 0) is 40.5 Å². The van der Waals surface area contributed by atoms with Crippen LogP contribution in [-0.2, 0) is 0 Å². The molecule has 1 heterocycles. The van der Waals surface area contributed by atoms with Crippen molar-refractivity contribution in [2.75, 3.05) is 7.11 Å². The second-order valence-corrected chi connectivity index (χ2v) is 4.90. The summed E-state index contributed by atoms with van der Waals surface area (Å²) < 4.78 is 11.5. The van der Waals surface area contributed by atoms with Gasteiger partial charge in [-0.15, -0.1) is 0 Å². The topological polar surface area (TPSA) is 68.7 Å². The van der Waals surface area contributed by atoms with Crippen molar-refractivity contribution in [2.45, 2.75) is 6.92 Å². The zero-order chi connectivity index (χ0) is 14.7. The molecule has 0 radical (unpaired) electrons. The molecule has 0 saturated heterocycles. The number of hydrogen-bond donors (Lipinski definition) is 1. The molecule has 0 saturated carbocycles. The molecule has 0 aliphatic rings. The number of methoxy groups -OCH3 is 1. The fraction of sp³-hybridized carbons (Fsp3) is 0.143. The lowest BCUT2D eigenvalue weighted by Gasteiger charge is -2.10. The van der Waals surface area contributed by atoms with E-state index < -0.39 is 5.97 Å². The van der Waals surface area contributed by atoms with Gasteiger partial charge in [-0.2, -0.15) is 0 Å². The third kappa shape index (κ3) is 3.08. The smallest absolute Gasteiger partial charge is 0.339 e. The number of aryl methyl sites for hydroxylation is 1. The van der Waals surface area contributed by atoms with Crippen LogP contribution in [0.2, 0.25) is 0 Å². The Morgan fingerprint density at radius 2 is 2.10 bits per heavy atom. The summed E-state index contributed by atoms with van der Waals surface area (Å²) in [7, 11) is 1.50. The van der Waals surface area contributed by atoms with E-state index in [0.717, 1.165) is 10.0 Å². The maximum atomic E-state index is 11.2. The lowest BCUT2D eigenvalue weighted by molar-refractivity contribution is 0.0694. The van der Waals surface area contributed by atoms with Gasteiger partial charge < -0.3 is 14.6 Å². The Morgan fingerprint density at radius 1 is 1.35 bits per heavy atom. The fourth-order valence-corrected chi connectivity index (χ4v) is 1.79. The van der Waals surface area contributed by atoms with E-state index in [1.165, 1.54) is 19.2 Å². The number of benzene rings is 1. The summed E-state index contributed by atoms with van der Waals surface area (Å²) in [6.07, 6.45) is 1.60. The number of aromatic nitrogens is 1. The number of carboxylic acids is 1. The standard InChI is InChI=1S/C14H12BrNO4/c1-8-5-13(16-7-11(8)15)20-12-6-9(19-2)3-4-10(12)14(17)18/h3-7H,1-2H3,(H,17,18). The van der Waals surface area contributed by atoms with E-state index in [2.05, 4.69) is 20.9 Å². The second kappa shape index (κ2) is 5.92. The van der Waals surface area contributed by atoms with Gasteiger partial charge in [-0.1, -0.05) is 0 Å². The van der Waals surface area contributed by atoms with Crippen LogP contribution in [0.3, 0.4) is 0 Å². The van der Waals surface area contributed by atoms with Crippen LogP contribution >= 0.6 is 15.9 Å². The first-order valence-corrected chi connectivity index (χ1v) is 6.52. The minimum Gasteiger partial charge on any atom is -0.497 e. The molecule has 0 aliphatic carbocycles. The summed E-state index contributed by atoms with van der Waals surface area (Å²) in [5.41, 5.74) is 0.989. The van der Waals surface area contributed by atoms with E-state index in [1.807, 2.05) is 6.92 Å². The van der Waals surface area contributed by atoms with Gasteiger partial charge >= 0.3 is 5.97 Å². The zero-order valence-electron chi connectivity index (χ0n) is 10.9. The van der Waals surface area contributed by atoms with Crippen molar-refractivity contribution in [3.8, 4) is 17.4 Å². The van der Waals surface area contributed by atoms with Crippen molar-refractivity contribution in [3.63, 3.8) is 0 Å². The molecule has 5 nitrogen and oxygen atoms in total. The fourth-order valence-electron chi connectivity index (χ4n) is 1.57. The average molecular weight is 338 g/mol. The number of nitrogens with zero attached hydrogens (tertiary/aromatic N) is 1. The predicted molar refractivity (Wildman–Crippen MR) is 76.7 cm³/mol. The molecule has 0 unspecified atom stereocenters. The van der Waals surface area contributed by atoms with Gasteiger partial charge in [0.05, 0.1) is 7.11 Å². The van der Waals surface area contributed by atoms with Crippen LogP contribution in [0.4, 0.5) is 0 Å². The third-order valence-electron chi connectivity index (χ3n) is 2.66. The van der Waals surface area contributed by atoms with Crippen LogP contribution in [0.15, 0.2) is 34.9 Å². The summed E-state index contributed by atoms with van der Waals surface area (Å²) in [6, 6.07) is 6.23. The van der Waals surface area contributed by atoms with Crippen LogP contribution in [0.5, 0.6) is 17.4 Å². The molecule has 104 valence electrons. The Labute approximate surface area is 124 Å². The maximum absolute atomic E-state index is 11.2. The maximum Gasteiger partial charge on any atom is 0.339 e. The van der Waals surface area contributed by atoms with E-state index >= 15 is 0 Å². The molecule has 0 bridgehead atoms. The van der Waals surface area contributed by atoms with Crippen molar-refractivity contribution in [1.29, 1.82) is 0 Å². The normalized spacial score (nSPS) is 10.2. The molecule has 0 spiro atoms. The Hall–Kier alpha value is -2.08. The third-order valence-corrected chi connectivity index (χ3v) is 3.49. The summed E-state index contributed by atoms with van der Waals surface area (Å²) in [4.78, 5) is 15.3. The van der Waals surface area contributed by atoms with Crippen LogP contribution in [0.1, 0.15) is 15.9 Å². The first kappa shape index (κ1) is 14.3. The summed E-state index contributed by atoms with van der Waals surface area (Å²) >= 11 is 3.34. The highest BCUT2D eigenvalue weighted by Gasteiger charge is 2.14. The molecule has 1 N–H and O–H groups in total. The lowest BCUT2D eigenvalue weighted by atomic mass is 10.2. The Balaban J connectivity index is 2.40. The van der Waals surface area contributed by atoms with Gasteiger partial charge in [-0.25, -0.2) is 9.78 Å². The Kier molecular flexibility index (Phi) is 4.24. The number of hydrogen-bond acceptors (Lipinski definition) is 4. The number of carboxylic acid groups (broad SMARTS) is 1. The van der Waals surface area contributed by atoms with Gasteiger partial charge in [0.2, 0.25) is 5.88 Å². The summed E-state index contributed by atoms with van der Waals surface area (Å²) in [5, 5.41) is 9.16. The highest BCUT2D eigenvalue weighted by molar-refractivity contribution is 9.10. The van der Waals surface area contributed by atoms with Gasteiger partial charge in [-0.3, -0.25) is 0 Å². The van der Waals surface area contributed by atoms with Gasteiger partial charge in [0, 0.05) is 22.8 Å². The van der Waals surface area contributed by atoms with Crippen LogP contribution in [0.25, 0.3) is 0 Å². The second-order valence-electron chi connectivity index (χ2n) is 4.04. The molecule has 0 atom stereocenters.